The number of ether oxygens (including phenoxy) is 1. The van der Waals surface area contributed by atoms with Crippen molar-refractivity contribution in [2.75, 3.05) is 7.11 Å². The summed E-state index contributed by atoms with van der Waals surface area (Å²) in [6.07, 6.45) is 2.58. The lowest BCUT2D eigenvalue weighted by Gasteiger charge is -2.19. The number of carbonyl (C=O) groups is 2. The Morgan fingerprint density at radius 2 is 1.91 bits per heavy atom. The SMILES string of the molecule is COc1ccc(-c2n[nH]c(=S)n2CCC(=O)NC(Cc2ccccc2)C(=O)NC2CC2)cc1. The second-order valence-corrected chi connectivity index (χ2v) is 8.46. The van der Waals surface area contributed by atoms with Crippen LogP contribution < -0.4 is 15.4 Å². The molecule has 0 spiro atoms. The molecule has 1 fully saturated rings. The maximum absolute atomic E-state index is 12.8. The summed E-state index contributed by atoms with van der Waals surface area (Å²) in [5, 5.41) is 13.0. The standard InChI is InChI=1S/C24H27N5O3S/c1-32-19-11-7-17(8-12-19)22-27-28-24(33)29(22)14-13-21(30)26-20(23(31)25-18-9-10-18)15-16-5-3-2-4-6-16/h2-8,11-12,18,20H,9-10,13-15H2,1H3,(H,25,31)(H,26,30)(H,28,33). The first kappa shape index (κ1) is 22.7. The minimum absolute atomic E-state index is 0.145. The van der Waals surface area contributed by atoms with Gasteiger partial charge in [0.25, 0.3) is 0 Å². The normalized spacial score (nSPS) is 13.8. The Labute approximate surface area is 197 Å². The van der Waals surface area contributed by atoms with Crippen molar-refractivity contribution in [2.45, 2.75) is 44.3 Å². The zero-order valence-electron chi connectivity index (χ0n) is 18.4. The van der Waals surface area contributed by atoms with Crippen LogP contribution in [-0.4, -0.2) is 45.8 Å². The van der Waals surface area contributed by atoms with E-state index in [2.05, 4.69) is 20.8 Å². The highest BCUT2D eigenvalue weighted by Crippen LogP contribution is 2.21. The number of amides is 2. The average Bonchev–Trinajstić information content (AvgIpc) is 3.57. The van der Waals surface area contributed by atoms with E-state index < -0.39 is 6.04 Å². The van der Waals surface area contributed by atoms with Crippen molar-refractivity contribution >= 4 is 24.0 Å². The molecule has 1 aliphatic rings. The molecule has 1 heterocycles. The maximum atomic E-state index is 12.8. The molecule has 1 aromatic heterocycles. The first-order chi connectivity index (χ1) is 16.0. The van der Waals surface area contributed by atoms with E-state index in [-0.39, 0.29) is 24.3 Å². The average molecular weight is 466 g/mol. The number of hydrogen-bond acceptors (Lipinski definition) is 5. The third kappa shape index (κ3) is 6.07. The summed E-state index contributed by atoms with van der Waals surface area (Å²) in [5.74, 6) is 1.02. The van der Waals surface area contributed by atoms with Crippen LogP contribution in [0, 0.1) is 4.77 Å². The topological polar surface area (TPSA) is 101 Å². The van der Waals surface area contributed by atoms with Gasteiger partial charge < -0.3 is 15.4 Å². The van der Waals surface area contributed by atoms with E-state index in [1.807, 2.05) is 54.6 Å². The zero-order valence-corrected chi connectivity index (χ0v) is 19.2. The van der Waals surface area contributed by atoms with Gasteiger partial charge in [-0.2, -0.15) is 5.10 Å². The van der Waals surface area contributed by atoms with Gasteiger partial charge in [-0.15, -0.1) is 0 Å². The summed E-state index contributed by atoms with van der Waals surface area (Å²) in [7, 11) is 1.61. The molecule has 172 valence electrons. The molecule has 33 heavy (non-hydrogen) atoms. The number of aromatic nitrogens is 3. The summed E-state index contributed by atoms with van der Waals surface area (Å²) in [5.41, 5.74) is 1.85. The lowest BCUT2D eigenvalue weighted by molar-refractivity contribution is -0.129. The number of hydrogen-bond donors (Lipinski definition) is 3. The Hall–Kier alpha value is -3.46. The molecule has 9 heteroatoms. The van der Waals surface area contributed by atoms with Crippen LogP contribution in [0.1, 0.15) is 24.8 Å². The molecular formula is C24H27N5O3S. The predicted molar refractivity (Wildman–Crippen MR) is 127 cm³/mol. The molecule has 8 nitrogen and oxygen atoms in total. The van der Waals surface area contributed by atoms with Gasteiger partial charge in [0.1, 0.15) is 11.8 Å². The zero-order chi connectivity index (χ0) is 23.2. The number of carbonyl (C=O) groups excluding carboxylic acids is 2. The van der Waals surface area contributed by atoms with Crippen LogP contribution >= 0.6 is 12.2 Å². The summed E-state index contributed by atoms with van der Waals surface area (Å²) in [6, 6.07) is 16.7. The van der Waals surface area contributed by atoms with Gasteiger partial charge in [0.2, 0.25) is 11.8 Å². The minimum atomic E-state index is -0.626. The van der Waals surface area contributed by atoms with Crippen LogP contribution in [0.2, 0.25) is 0 Å². The molecular weight excluding hydrogens is 438 g/mol. The fraction of sp³-hybridized carbons (Fsp3) is 0.333. The van der Waals surface area contributed by atoms with Gasteiger partial charge in [0.15, 0.2) is 10.6 Å². The quantitative estimate of drug-likeness (QED) is 0.400. The van der Waals surface area contributed by atoms with Crippen molar-refractivity contribution in [2.24, 2.45) is 0 Å². The van der Waals surface area contributed by atoms with Gasteiger partial charge in [0, 0.05) is 31.0 Å². The fourth-order valence-electron chi connectivity index (χ4n) is 3.55. The van der Waals surface area contributed by atoms with E-state index in [0.29, 0.717) is 23.6 Å². The van der Waals surface area contributed by atoms with Gasteiger partial charge in [0.05, 0.1) is 7.11 Å². The highest BCUT2D eigenvalue weighted by molar-refractivity contribution is 7.71. The van der Waals surface area contributed by atoms with Crippen molar-refractivity contribution in [1.29, 1.82) is 0 Å². The number of H-pyrrole nitrogens is 1. The smallest absolute Gasteiger partial charge is 0.243 e. The second kappa shape index (κ2) is 10.4. The number of methoxy groups -OCH3 is 1. The Balaban J connectivity index is 1.42. The lowest BCUT2D eigenvalue weighted by Crippen LogP contribution is -2.48. The minimum Gasteiger partial charge on any atom is -0.497 e. The molecule has 0 aliphatic heterocycles. The van der Waals surface area contributed by atoms with Crippen molar-refractivity contribution in [3.63, 3.8) is 0 Å². The Kier molecular flexibility index (Phi) is 7.19. The number of aromatic amines is 1. The third-order valence-electron chi connectivity index (χ3n) is 5.53. The lowest BCUT2D eigenvalue weighted by atomic mass is 10.0. The Bertz CT molecular complexity index is 1150. The van der Waals surface area contributed by atoms with E-state index in [4.69, 9.17) is 17.0 Å². The molecule has 1 saturated carbocycles. The molecule has 2 aromatic carbocycles. The second-order valence-electron chi connectivity index (χ2n) is 8.08. The molecule has 3 N–H and O–H groups in total. The highest BCUT2D eigenvalue weighted by atomic mass is 32.1. The number of rotatable bonds is 10. The number of nitrogens with one attached hydrogen (secondary N) is 3. The van der Waals surface area contributed by atoms with E-state index in [9.17, 15) is 9.59 Å². The van der Waals surface area contributed by atoms with Gasteiger partial charge in [-0.05, 0) is 54.9 Å². The molecule has 1 unspecified atom stereocenters. The summed E-state index contributed by atoms with van der Waals surface area (Å²) in [6.45, 7) is 0.338. The molecule has 0 radical (unpaired) electrons. The predicted octanol–water partition coefficient (Wildman–Crippen LogP) is 3.01. The Morgan fingerprint density at radius 1 is 1.18 bits per heavy atom. The monoisotopic (exact) mass is 465 g/mol. The first-order valence-electron chi connectivity index (χ1n) is 11.0. The molecule has 0 bridgehead atoms. The fourth-order valence-corrected chi connectivity index (χ4v) is 3.78. The van der Waals surface area contributed by atoms with Gasteiger partial charge in [-0.1, -0.05) is 30.3 Å². The van der Waals surface area contributed by atoms with Crippen molar-refractivity contribution < 1.29 is 14.3 Å². The van der Waals surface area contributed by atoms with Crippen LogP contribution in [0.3, 0.4) is 0 Å². The van der Waals surface area contributed by atoms with Crippen molar-refractivity contribution in [3.05, 3.63) is 64.9 Å². The largest absolute Gasteiger partial charge is 0.497 e. The van der Waals surface area contributed by atoms with Crippen LogP contribution in [0.5, 0.6) is 5.75 Å². The molecule has 2 amide bonds. The summed E-state index contributed by atoms with van der Waals surface area (Å²) < 4.78 is 7.42. The van der Waals surface area contributed by atoms with Gasteiger partial charge >= 0.3 is 0 Å². The third-order valence-corrected chi connectivity index (χ3v) is 5.84. The number of benzene rings is 2. The number of nitrogens with zero attached hydrogens (tertiary/aromatic N) is 2. The van der Waals surface area contributed by atoms with Crippen LogP contribution in [-0.2, 0) is 22.6 Å². The van der Waals surface area contributed by atoms with E-state index in [1.54, 1.807) is 11.7 Å². The van der Waals surface area contributed by atoms with Crippen molar-refractivity contribution in [3.8, 4) is 17.1 Å². The molecule has 3 aromatic rings. The summed E-state index contributed by atoms with van der Waals surface area (Å²) in [4.78, 5) is 25.5. The van der Waals surface area contributed by atoms with E-state index in [1.165, 1.54) is 0 Å². The highest BCUT2D eigenvalue weighted by Gasteiger charge is 2.28. The van der Waals surface area contributed by atoms with Crippen LogP contribution in [0.25, 0.3) is 11.4 Å². The summed E-state index contributed by atoms with van der Waals surface area (Å²) >= 11 is 5.37. The van der Waals surface area contributed by atoms with Crippen molar-refractivity contribution in [1.82, 2.24) is 25.4 Å². The van der Waals surface area contributed by atoms with Gasteiger partial charge in [-0.3, -0.25) is 19.3 Å². The van der Waals surface area contributed by atoms with E-state index in [0.717, 1.165) is 29.7 Å². The maximum Gasteiger partial charge on any atom is 0.243 e. The van der Waals surface area contributed by atoms with Crippen LogP contribution in [0.4, 0.5) is 0 Å². The molecule has 1 aliphatic carbocycles. The Morgan fingerprint density at radius 3 is 2.58 bits per heavy atom. The molecule has 1 atom stereocenters. The van der Waals surface area contributed by atoms with Gasteiger partial charge in [-0.25, -0.2) is 0 Å². The molecule has 0 saturated heterocycles. The van der Waals surface area contributed by atoms with E-state index >= 15 is 0 Å². The first-order valence-corrected chi connectivity index (χ1v) is 11.4. The van der Waals surface area contributed by atoms with Crippen LogP contribution in [0.15, 0.2) is 54.6 Å². The molecule has 4 rings (SSSR count).